The fourth-order valence-electron chi connectivity index (χ4n) is 4.09. The van der Waals surface area contributed by atoms with Gasteiger partial charge >= 0.3 is 0 Å². The van der Waals surface area contributed by atoms with Gasteiger partial charge in [0.2, 0.25) is 5.95 Å². The van der Waals surface area contributed by atoms with E-state index in [2.05, 4.69) is 49.9 Å². The van der Waals surface area contributed by atoms with E-state index in [1.807, 2.05) is 6.92 Å². The van der Waals surface area contributed by atoms with Crippen LogP contribution in [0.15, 0.2) is 16.9 Å². The summed E-state index contributed by atoms with van der Waals surface area (Å²) in [7, 11) is 0. The number of hydrogen-bond acceptors (Lipinski definition) is 11. The second kappa shape index (κ2) is 11.1. The van der Waals surface area contributed by atoms with Gasteiger partial charge in [-0.25, -0.2) is 4.98 Å². The summed E-state index contributed by atoms with van der Waals surface area (Å²) in [5, 5.41) is 42.1. The minimum absolute atomic E-state index is 0.124. The summed E-state index contributed by atoms with van der Waals surface area (Å²) >= 11 is 0. The number of nitrogens with two attached hydrogens (primary N) is 1. The van der Waals surface area contributed by atoms with Gasteiger partial charge in [-0.15, -0.1) is 0 Å². The summed E-state index contributed by atoms with van der Waals surface area (Å²) < 4.78 is 13.0. The zero-order valence-electron chi connectivity index (χ0n) is 20.6. The average Bonchev–Trinajstić information content (AvgIpc) is 3.58. The van der Waals surface area contributed by atoms with E-state index in [4.69, 9.17) is 20.4 Å². The molecular weight excluding hydrogens is 468 g/mol. The van der Waals surface area contributed by atoms with Crippen molar-refractivity contribution < 1.29 is 19.5 Å². The van der Waals surface area contributed by atoms with E-state index in [0.717, 1.165) is 18.5 Å². The van der Waals surface area contributed by atoms with Gasteiger partial charge in [-0.2, -0.15) is 9.97 Å². The third-order valence-corrected chi connectivity index (χ3v) is 6.20. The lowest BCUT2D eigenvalue weighted by Gasteiger charge is -2.19. The van der Waals surface area contributed by atoms with Gasteiger partial charge in [0.05, 0.1) is 12.0 Å². The maximum absolute atomic E-state index is 10.9. The molecule has 1 aliphatic rings. The highest BCUT2D eigenvalue weighted by molar-refractivity contribution is 5.84. The van der Waals surface area contributed by atoms with Gasteiger partial charge in [-0.05, 0) is 19.3 Å². The molecule has 0 aromatic carbocycles. The number of anilines is 2. The summed E-state index contributed by atoms with van der Waals surface area (Å²) in [6.07, 6.45) is -0.381. The summed E-state index contributed by atoms with van der Waals surface area (Å²) in [4.78, 5) is 13.7. The predicted octanol–water partition coefficient (Wildman–Crippen LogP) is 0.864. The van der Waals surface area contributed by atoms with Gasteiger partial charge in [-0.1, -0.05) is 25.9 Å². The highest BCUT2D eigenvalue weighted by Gasteiger charge is 2.47. The molecule has 3 aromatic heterocycles. The smallest absolute Gasteiger partial charge is 0.226 e. The second-order valence-electron chi connectivity index (χ2n) is 8.65. The SMILES string of the molecule is CCc1cc([C@H]2O[C@@H](n3cnc4c(NC(CC)CC)nc(NCCNC(=N)N)nc43)[C@H](O)C2O)on1. The number of aryl methyl sites for hydroxylation is 1. The van der Waals surface area contributed by atoms with Crippen LogP contribution < -0.4 is 21.7 Å². The highest BCUT2D eigenvalue weighted by Crippen LogP contribution is 2.40. The van der Waals surface area contributed by atoms with Crippen molar-refractivity contribution in [3.8, 4) is 0 Å². The molecule has 14 heteroatoms. The van der Waals surface area contributed by atoms with Gasteiger partial charge in [0.25, 0.3) is 0 Å². The molecule has 0 aliphatic carbocycles. The van der Waals surface area contributed by atoms with Crippen LogP contribution in [-0.4, -0.2) is 72.2 Å². The fourth-order valence-corrected chi connectivity index (χ4v) is 4.09. The van der Waals surface area contributed by atoms with Crippen LogP contribution in [0.25, 0.3) is 11.2 Å². The number of hydrogen-bond donors (Lipinski definition) is 7. The normalized spacial score (nSPS) is 21.8. The van der Waals surface area contributed by atoms with Crippen molar-refractivity contribution in [2.24, 2.45) is 5.73 Å². The van der Waals surface area contributed by atoms with Crippen LogP contribution in [0.4, 0.5) is 11.8 Å². The van der Waals surface area contributed by atoms with Gasteiger partial charge in [0, 0.05) is 25.2 Å². The molecule has 0 radical (unpaired) electrons. The van der Waals surface area contributed by atoms with Crippen LogP contribution in [0.1, 0.15) is 57.4 Å². The van der Waals surface area contributed by atoms with Crippen molar-refractivity contribution in [1.82, 2.24) is 30.0 Å². The van der Waals surface area contributed by atoms with Gasteiger partial charge in [0.1, 0.15) is 18.3 Å². The van der Waals surface area contributed by atoms with Gasteiger partial charge < -0.3 is 41.2 Å². The lowest BCUT2D eigenvalue weighted by atomic mass is 10.1. The molecule has 1 saturated heterocycles. The van der Waals surface area contributed by atoms with Crippen molar-refractivity contribution in [1.29, 1.82) is 5.41 Å². The minimum atomic E-state index is -1.26. The molecule has 8 N–H and O–H groups in total. The number of nitrogens with one attached hydrogen (secondary N) is 4. The van der Waals surface area contributed by atoms with Crippen molar-refractivity contribution in [2.75, 3.05) is 23.7 Å². The minimum Gasteiger partial charge on any atom is -0.387 e. The Morgan fingerprint density at radius 1 is 1.19 bits per heavy atom. The molecule has 0 spiro atoms. The third kappa shape index (κ3) is 5.20. The lowest BCUT2D eigenvalue weighted by Crippen LogP contribution is -2.34. The van der Waals surface area contributed by atoms with Crippen LogP contribution in [-0.2, 0) is 11.2 Å². The first-order chi connectivity index (χ1) is 17.4. The lowest BCUT2D eigenvalue weighted by molar-refractivity contribution is -0.0434. The molecule has 0 bridgehead atoms. The molecule has 1 fully saturated rings. The molecule has 0 saturated carbocycles. The molecule has 1 aliphatic heterocycles. The molecule has 1 unspecified atom stereocenters. The van der Waals surface area contributed by atoms with E-state index >= 15 is 0 Å². The Balaban J connectivity index is 1.66. The van der Waals surface area contributed by atoms with E-state index in [9.17, 15) is 10.2 Å². The molecule has 3 aromatic rings. The molecular formula is C22H34N10O4. The van der Waals surface area contributed by atoms with Crippen LogP contribution >= 0.6 is 0 Å². The van der Waals surface area contributed by atoms with Crippen molar-refractivity contribution in [2.45, 2.75) is 70.6 Å². The van der Waals surface area contributed by atoms with Crippen molar-refractivity contribution in [3.05, 3.63) is 23.8 Å². The summed E-state index contributed by atoms with van der Waals surface area (Å²) in [6.45, 7) is 6.93. The maximum Gasteiger partial charge on any atom is 0.226 e. The Hall–Kier alpha value is -3.49. The van der Waals surface area contributed by atoms with Crippen LogP contribution in [0.5, 0.6) is 0 Å². The number of aliphatic hydroxyl groups is 2. The maximum atomic E-state index is 10.9. The number of aliphatic hydroxyl groups excluding tert-OH is 2. The third-order valence-electron chi connectivity index (χ3n) is 6.20. The number of ether oxygens (including phenoxy) is 1. The quantitative estimate of drug-likeness (QED) is 0.111. The molecule has 4 heterocycles. The Labute approximate surface area is 208 Å². The van der Waals surface area contributed by atoms with Gasteiger partial charge in [-0.3, -0.25) is 9.98 Å². The molecule has 4 rings (SSSR count). The van der Waals surface area contributed by atoms with Gasteiger partial charge in [0.15, 0.2) is 34.9 Å². The first kappa shape index (κ1) is 25.6. The van der Waals surface area contributed by atoms with E-state index < -0.39 is 24.5 Å². The van der Waals surface area contributed by atoms with Crippen LogP contribution in [0.3, 0.4) is 0 Å². The number of imidazole rings is 1. The van der Waals surface area contributed by atoms with Crippen molar-refractivity contribution in [3.63, 3.8) is 0 Å². The van der Waals surface area contributed by atoms with Crippen LogP contribution in [0, 0.1) is 5.41 Å². The standard InChI is InChI=1S/C22H34N10O4/c1-4-11(5-2)28-18-14-19(30-22(29-18)26-8-7-25-21(23)24)32(10-27-14)20-16(34)15(33)17(35-20)13-9-12(6-3)31-36-13/h9-11,15-17,20,33-34H,4-8H2,1-3H3,(H4,23,24,25)(H2,26,28,29,30)/t15?,16-,17-,20-/m1/s1. The Morgan fingerprint density at radius 3 is 2.64 bits per heavy atom. The first-order valence-electron chi connectivity index (χ1n) is 12.2. The van der Waals surface area contributed by atoms with E-state index in [1.165, 1.54) is 6.33 Å². The molecule has 4 atom stereocenters. The second-order valence-corrected chi connectivity index (χ2v) is 8.65. The first-order valence-corrected chi connectivity index (χ1v) is 12.2. The largest absolute Gasteiger partial charge is 0.387 e. The van der Waals surface area contributed by atoms with Crippen molar-refractivity contribution >= 4 is 28.9 Å². The molecule has 0 amide bonds. The summed E-state index contributed by atoms with van der Waals surface area (Å²) in [5.41, 5.74) is 7.00. The number of guanidine groups is 1. The average molecular weight is 503 g/mol. The fraction of sp³-hybridized carbons (Fsp3) is 0.591. The number of nitrogens with zero attached hydrogens (tertiary/aromatic N) is 5. The zero-order chi connectivity index (χ0) is 25.8. The summed E-state index contributed by atoms with van der Waals surface area (Å²) in [6, 6.07) is 1.89. The molecule has 36 heavy (non-hydrogen) atoms. The Morgan fingerprint density at radius 2 is 1.97 bits per heavy atom. The van der Waals surface area contributed by atoms with E-state index in [1.54, 1.807) is 10.6 Å². The zero-order valence-corrected chi connectivity index (χ0v) is 20.6. The number of rotatable bonds is 11. The number of fused-ring (bicyclic) bond motifs is 1. The molecule has 196 valence electrons. The molecule has 14 nitrogen and oxygen atoms in total. The monoisotopic (exact) mass is 502 g/mol. The Kier molecular flexibility index (Phi) is 7.86. The van der Waals surface area contributed by atoms with E-state index in [0.29, 0.717) is 48.2 Å². The highest BCUT2D eigenvalue weighted by atomic mass is 16.6. The van der Waals surface area contributed by atoms with Crippen LogP contribution in [0.2, 0.25) is 0 Å². The summed E-state index contributed by atoms with van der Waals surface area (Å²) in [5.74, 6) is 1.09. The Bertz CT molecular complexity index is 1180. The number of aromatic nitrogens is 5. The topological polar surface area (TPSA) is 205 Å². The predicted molar refractivity (Wildman–Crippen MR) is 132 cm³/mol. The van der Waals surface area contributed by atoms with E-state index in [-0.39, 0.29) is 12.0 Å².